The summed E-state index contributed by atoms with van der Waals surface area (Å²) in [5.41, 5.74) is 1.05. The lowest BCUT2D eigenvalue weighted by molar-refractivity contribution is -0.131. The van der Waals surface area contributed by atoms with Gasteiger partial charge in [-0.25, -0.2) is 0 Å². The molecule has 0 aromatic heterocycles. The summed E-state index contributed by atoms with van der Waals surface area (Å²) in [5.74, 6) is 0.397. The predicted octanol–water partition coefficient (Wildman–Crippen LogP) is 3.01. The van der Waals surface area contributed by atoms with Crippen LogP contribution in [0.1, 0.15) is 34.1 Å². The fraction of sp³-hybridized carbons (Fsp3) is 0.615. The molecule has 86 valence electrons. The molecule has 0 N–H and O–H groups in total. The summed E-state index contributed by atoms with van der Waals surface area (Å²) < 4.78 is 0. The summed E-state index contributed by atoms with van der Waals surface area (Å²) in [4.78, 5) is 13.7. The minimum Gasteiger partial charge on any atom is -0.343 e. The molecule has 0 heterocycles. The zero-order chi connectivity index (χ0) is 11.8. The molecule has 1 atom stereocenters. The number of amides is 1. The quantitative estimate of drug-likeness (QED) is 0.616. The highest BCUT2D eigenvalue weighted by Gasteiger charge is 2.15. The Morgan fingerprint density at radius 1 is 1.40 bits per heavy atom. The van der Waals surface area contributed by atoms with Gasteiger partial charge in [-0.3, -0.25) is 4.79 Å². The van der Waals surface area contributed by atoms with Crippen LogP contribution >= 0.6 is 0 Å². The topological polar surface area (TPSA) is 20.3 Å². The molecule has 0 aliphatic rings. The van der Waals surface area contributed by atoms with Crippen molar-refractivity contribution in [1.29, 1.82) is 0 Å². The van der Waals surface area contributed by atoms with Crippen LogP contribution in [0.2, 0.25) is 0 Å². The van der Waals surface area contributed by atoms with Gasteiger partial charge >= 0.3 is 0 Å². The Kier molecular flexibility index (Phi) is 6.76. The lowest BCUT2D eigenvalue weighted by Gasteiger charge is -2.21. The van der Waals surface area contributed by atoms with Gasteiger partial charge in [0.2, 0.25) is 5.91 Å². The van der Waals surface area contributed by atoms with E-state index in [1.807, 2.05) is 44.7 Å². The average Bonchev–Trinajstić information content (AvgIpc) is 2.18. The van der Waals surface area contributed by atoms with Gasteiger partial charge < -0.3 is 4.90 Å². The zero-order valence-electron chi connectivity index (χ0n) is 10.4. The Balaban J connectivity index is 4.40. The SMILES string of the molecule is C=C(C)C(/C=C/C)CC(=O)N(CC)CC. The maximum Gasteiger partial charge on any atom is 0.223 e. The first-order chi connectivity index (χ1) is 7.06. The van der Waals surface area contributed by atoms with E-state index in [9.17, 15) is 4.79 Å². The molecule has 0 fully saturated rings. The summed E-state index contributed by atoms with van der Waals surface area (Å²) in [6.07, 6.45) is 4.57. The first-order valence-electron chi connectivity index (χ1n) is 5.62. The Labute approximate surface area is 93.7 Å². The average molecular weight is 209 g/mol. The molecule has 15 heavy (non-hydrogen) atoms. The minimum atomic E-state index is 0.183. The van der Waals surface area contributed by atoms with Crippen LogP contribution in [-0.4, -0.2) is 23.9 Å². The van der Waals surface area contributed by atoms with Crippen LogP contribution in [0.5, 0.6) is 0 Å². The first-order valence-corrected chi connectivity index (χ1v) is 5.62. The minimum absolute atomic E-state index is 0.183. The summed E-state index contributed by atoms with van der Waals surface area (Å²) >= 11 is 0. The molecule has 0 rings (SSSR count). The molecular formula is C13H23NO. The highest BCUT2D eigenvalue weighted by Crippen LogP contribution is 2.16. The second-order valence-corrected chi connectivity index (χ2v) is 3.75. The van der Waals surface area contributed by atoms with Crippen molar-refractivity contribution >= 4 is 5.91 Å². The van der Waals surface area contributed by atoms with Crippen LogP contribution in [0.25, 0.3) is 0 Å². The largest absolute Gasteiger partial charge is 0.343 e. The van der Waals surface area contributed by atoms with E-state index >= 15 is 0 Å². The van der Waals surface area contributed by atoms with E-state index < -0.39 is 0 Å². The van der Waals surface area contributed by atoms with Crippen LogP contribution < -0.4 is 0 Å². The number of hydrogen-bond donors (Lipinski definition) is 0. The number of nitrogens with zero attached hydrogens (tertiary/aromatic N) is 1. The fourth-order valence-corrected chi connectivity index (χ4v) is 1.53. The molecular weight excluding hydrogens is 186 g/mol. The summed E-state index contributed by atoms with van der Waals surface area (Å²) in [5, 5.41) is 0. The number of rotatable bonds is 6. The Morgan fingerprint density at radius 3 is 2.27 bits per heavy atom. The molecule has 1 unspecified atom stereocenters. The van der Waals surface area contributed by atoms with Crippen molar-refractivity contribution in [2.45, 2.75) is 34.1 Å². The number of carbonyl (C=O) groups is 1. The molecule has 1 amide bonds. The van der Waals surface area contributed by atoms with Crippen molar-refractivity contribution in [3.8, 4) is 0 Å². The third-order valence-electron chi connectivity index (χ3n) is 2.57. The highest BCUT2D eigenvalue weighted by molar-refractivity contribution is 5.77. The molecule has 2 heteroatoms. The van der Waals surface area contributed by atoms with Gasteiger partial charge in [-0.15, -0.1) is 0 Å². The lowest BCUT2D eigenvalue weighted by Crippen LogP contribution is -2.31. The van der Waals surface area contributed by atoms with Crippen LogP contribution in [0.3, 0.4) is 0 Å². The van der Waals surface area contributed by atoms with Crippen LogP contribution in [0.15, 0.2) is 24.3 Å². The number of hydrogen-bond acceptors (Lipinski definition) is 1. The molecule has 0 aromatic carbocycles. The number of allylic oxidation sites excluding steroid dienone is 3. The first kappa shape index (κ1) is 13.9. The second-order valence-electron chi connectivity index (χ2n) is 3.75. The molecule has 0 saturated heterocycles. The van der Waals surface area contributed by atoms with Gasteiger partial charge in [0.25, 0.3) is 0 Å². The van der Waals surface area contributed by atoms with E-state index in [1.165, 1.54) is 0 Å². The Bertz CT molecular complexity index is 239. The van der Waals surface area contributed by atoms with E-state index in [4.69, 9.17) is 0 Å². The van der Waals surface area contributed by atoms with Gasteiger partial charge in [0.1, 0.15) is 0 Å². The maximum absolute atomic E-state index is 11.8. The van der Waals surface area contributed by atoms with Gasteiger partial charge in [-0.1, -0.05) is 24.3 Å². The maximum atomic E-state index is 11.8. The van der Waals surface area contributed by atoms with Crippen molar-refractivity contribution in [2.24, 2.45) is 5.92 Å². The van der Waals surface area contributed by atoms with Crippen molar-refractivity contribution in [3.05, 3.63) is 24.3 Å². The van der Waals surface area contributed by atoms with Gasteiger partial charge in [0.15, 0.2) is 0 Å². The Hall–Kier alpha value is -1.05. The van der Waals surface area contributed by atoms with Crippen molar-refractivity contribution in [3.63, 3.8) is 0 Å². The normalized spacial score (nSPS) is 12.8. The smallest absolute Gasteiger partial charge is 0.223 e. The lowest BCUT2D eigenvalue weighted by atomic mass is 9.97. The fourth-order valence-electron chi connectivity index (χ4n) is 1.53. The zero-order valence-corrected chi connectivity index (χ0v) is 10.4. The summed E-state index contributed by atoms with van der Waals surface area (Å²) in [6, 6.07) is 0. The Morgan fingerprint density at radius 2 is 1.93 bits per heavy atom. The van der Waals surface area contributed by atoms with Gasteiger partial charge in [0.05, 0.1) is 0 Å². The van der Waals surface area contributed by atoms with Crippen LogP contribution in [0.4, 0.5) is 0 Å². The van der Waals surface area contributed by atoms with Crippen molar-refractivity contribution < 1.29 is 4.79 Å². The molecule has 0 saturated carbocycles. The van der Waals surface area contributed by atoms with E-state index in [2.05, 4.69) is 6.58 Å². The standard InChI is InChI=1S/C13H23NO/c1-6-9-12(11(4)5)10-13(15)14(7-2)8-3/h6,9,12H,4,7-8,10H2,1-3,5H3/b9-6+. The van der Waals surface area contributed by atoms with E-state index in [-0.39, 0.29) is 11.8 Å². The molecule has 0 aromatic rings. The highest BCUT2D eigenvalue weighted by atomic mass is 16.2. The molecule has 0 radical (unpaired) electrons. The molecule has 2 nitrogen and oxygen atoms in total. The predicted molar refractivity (Wildman–Crippen MR) is 65.7 cm³/mol. The second kappa shape index (κ2) is 7.27. The summed E-state index contributed by atoms with van der Waals surface area (Å²) in [7, 11) is 0. The monoisotopic (exact) mass is 209 g/mol. The van der Waals surface area contributed by atoms with E-state index in [0.717, 1.165) is 18.7 Å². The van der Waals surface area contributed by atoms with Crippen molar-refractivity contribution in [2.75, 3.05) is 13.1 Å². The third-order valence-corrected chi connectivity index (χ3v) is 2.57. The molecule has 0 aliphatic heterocycles. The van der Waals surface area contributed by atoms with Crippen LogP contribution in [-0.2, 0) is 4.79 Å². The molecule has 0 bridgehead atoms. The van der Waals surface area contributed by atoms with Crippen molar-refractivity contribution in [1.82, 2.24) is 4.90 Å². The molecule has 0 spiro atoms. The number of carbonyl (C=O) groups excluding carboxylic acids is 1. The van der Waals surface area contributed by atoms with Gasteiger partial charge in [-0.2, -0.15) is 0 Å². The van der Waals surface area contributed by atoms with E-state index in [0.29, 0.717) is 6.42 Å². The van der Waals surface area contributed by atoms with Crippen LogP contribution in [0, 0.1) is 5.92 Å². The van der Waals surface area contributed by atoms with Gasteiger partial charge in [-0.05, 0) is 27.7 Å². The molecule has 0 aliphatic carbocycles. The van der Waals surface area contributed by atoms with E-state index in [1.54, 1.807) is 0 Å². The third kappa shape index (κ3) is 4.82. The van der Waals surface area contributed by atoms with Gasteiger partial charge in [0, 0.05) is 25.4 Å². The summed E-state index contributed by atoms with van der Waals surface area (Å²) in [6.45, 7) is 13.4.